The van der Waals surface area contributed by atoms with Crippen molar-refractivity contribution in [3.05, 3.63) is 11.8 Å². The SMILES string of the molecule is CCCCC(CC)C1=CC(C)C(=O)O1. The van der Waals surface area contributed by atoms with Crippen LogP contribution in [0.25, 0.3) is 0 Å². The van der Waals surface area contributed by atoms with E-state index < -0.39 is 0 Å². The van der Waals surface area contributed by atoms with E-state index in [-0.39, 0.29) is 11.9 Å². The number of esters is 1. The van der Waals surface area contributed by atoms with Crippen LogP contribution in [0.4, 0.5) is 0 Å². The number of rotatable bonds is 5. The third-order valence-electron chi connectivity index (χ3n) is 2.81. The van der Waals surface area contributed by atoms with Gasteiger partial charge in [-0.3, -0.25) is 4.79 Å². The second-order valence-electron chi connectivity index (χ2n) is 4.03. The van der Waals surface area contributed by atoms with Crippen LogP contribution in [0, 0.1) is 11.8 Å². The van der Waals surface area contributed by atoms with Crippen molar-refractivity contribution in [1.82, 2.24) is 0 Å². The summed E-state index contributed by atoms with van der Waals surface area (Å²) >= 11 is 0. The number of hydrogen-bond acceptors (Lipinski definition) is 2. The Balaban J connectivity index is 2.53. The van der Waals surface area contributed by atoms with Crippen LogP contribution in [0.1, 0.15) is 46.5 Å². The van der Waals surface area contributed by atoms with Gasteiger partial charge in [0.1, 0.15) is 5.76 Å². The van der Waals surface area contributed by atoms with Crippen molar-refractivity contribution < 1.29 is 9.53 Å². The first-order valence-electron chi connectivity index (χ1n) is 5.62. The van der Waals surface area contributed by atoms with Gasteiger partial charge < -0.3 is 4.74 Å². The molecule has 0 radical (unpaired) electrons. The minimum atomic E-state index is -0.0880. The van der Waals surface area contributed by atoms with E-state index >= 15 is 0 Å². The summed E-state index contributed by atoms with van der Waals surface area (Å²) in [5, 5.41) is 0. The van der Waals surface area contributed by atoms with Gasteiger partial charge in [0.15, 0.2) is 0 Å². The van der Waals surface area contributed by atoms with Crippen molar-refractivity contribution in [2.75, 3.05) is 0 Å². The van der Waals surface area contributed by atoms with E-state index in [9.17, 15) is 4.79 Å². The Hall–Kier alpha value is -0.790. The topological polar surface area (TPSA) is 26.3 Å². The van der Waals surface area contributed by atoms with E-state index in [2.05, 4.69) is 13.8 Å². The molecule has 1 aliphatic heterocycles. The largest absolute Gasteiger partial charge is 0.431 e. The summed E-state index contributed by atoms with van der Waals surface area (Å²) in [6, 6.07) is 0. The predicted octanol–water partition coefficient (Wildman–Crippen LogP) is 3.28. The molecule has 0 amide bonds. The Morgan fingerprint density at radius 2 is 2.21 bits per heavy atom. The molecule has 0 fully saturated rings. The molecular weight excluding hydrogens is 176 g/mol. The van der Waals surface area contributed by atoms with Gasteiger partial charge in [0, 0.05) is 5.92 Å². The fourth-order valence-corrected chi connectivity index (χ4v) is 1.78. The van der Waals surface area contributed by atoms with Gasteiger partial charge in [0.05, 0.1) is 5.92 Å². The van der Waals surface area contributed by atoms with E-state index in [0.717, 1.165) is 18.6 Å². The highest BCUT2D eigenvalue weighted by Gasteiger charge is 2.27. The lowest BCUT2D eigenvalue weighted by Crippen LogP contribution is -2.07. The first-order valence-corrected chi connectivity index (χ1v) is 5.62. The molecule has 2 heteroatoms. The number of unbranched alkanes of at least 4 members (excludes halogenated alkanes) is 1. The molecule has 0 bridgehead atoms. The Labute approximate surface area is 86.3 Å². The average Bonchev–Trinajstić information content (AvgIpc) is 2.48. The van der Waals surface area contributed by atoms with E-state index in [1.165, 1.54) is 12.8 Å². The number of cyclic esters (lactones) is 1. The molecule has 1 aliphatic rings. The summed E-state index contributed by atoms with van der Waals surface area (Å²) in [4.78, 5) is 11.2. The van der Waals surface area contributed by atoms with Crippen LogP contribution in [-0.2, 0) is 9.53 Å². The molecule has 0 aromatic carbocycles. The number of carbonyl (C=O) groups is 1. The van der Waals surface area contributed by atoms with E-state index in [1.807, 2.05) is 13.0 Å². The van der Waals surface area contributed by atoms with E-state index in [0.29, 0.717) is 5.92 Å². The average molecular weight is 196 g/mol. The van der Waals surface area contributed by atoms with Gasteiger partial charge in [-0.1, -0.05) is 26.7 Å². The molecule has 14 heavy (non-hydrogen) atoms. The van der Waals surface area contributed by atoms with Crippen LogP contribution in [0.2, 0.25) is 0 Å². The van der Waals surface area contributed by atoms with Gasteiger partial charge in [-0.05, 0) is 25.8 Å². The molecule has 0 saturated carbocycles. The van der Waals surface area contributed by atoms with Gasteiger partial charge in [0.25, 0.3) is 0 Å². The van der Waals surface area contributed by atoms with Crippen LogP contribution < -0.4 is 0 Å². The summed E-state index contributed by atoms with van der Waals surface area (Å²) < 4.78 is 5.25. The molecule has 1 heterocycles. The maximum atomic E-state index is 11.2. The fraction of sp³-hybridized carbons (Fsp3) is 0.750. The van der Waals surface area contributed by atoms with Crippen molar-refractivity contribution in [2.24, 2.45) is 11.8 Å². The smallest absolute Gasteiger partial charge is 0.317 e. The van der Waals surface area contributed by atoms with Crippen LogP contribution in [0.3, 0.4) is 0 Å². The molecule has 0 aromatic heterocycles. The van der Waals surface area contributed by atoms with Gasteiger partial charge in [-0.15, -0.1) is 0 Å². The minimum Gasteiger partial charge on any atom is -0.431 e. The number of carbonyl (C=O) groups excluding carboxylic acids is 1. The fourth-order valence-electron chi connectivity index (χ4n) is 1.78. The zero-order valence-corrected chi connectivity index (χ0v) is 9.38. The lowest BCUT2D eigenvalue weighted by Gasteiger charge is -2.14. The molecule has 2 unspecified atom stereocenters. The van der Waals surface area contributed by atoms with Crippen molar-refractivity contribution in [3.8, 4) is 0 Å². The Morgan fingerprint density at radius 1 is 1.50 bits per heavy atom. The van der Waals surface area contributed by atoms with Crippen LogP contribution in [-0.4, -0.2) is 5.97 Å². The van der Waals surface area contributed by atoms with Gasteiger partial charge >= 0.3 is 5.97 Å². The minimum absolute atomic E-state index is 0.0410. The second kappa shape index (κ2) is 5.18. The first kappa shape index (κ1) is 11.3. The molecule has 0 aromatic rings. The summed E-state index contributed by atoms with van der Waals surface area (Å²) in [5.41, 5.74) is 0. The lowest BCUT2D eigenvalue weighted by molar-refractivity contribution is -0.140. The van der Waals surface area contributed by atoms with Crippen molar-refractivity contribution >= 4 is 5.97 Å². The monoisotopic (exact) mass is 196 g/mol. The number of ether oxygens (including phenoxy) is 1. The standard InChI is InChI=1S/C12H20O2/c1-4-6-7-10(5-2)11-8-9(3)12(13)14-11/h8-10H,4-7H2,1-3H3. The molecule has 2 nitrogen and oxygen atoms in total. The van der Waals surface area contributed by atoms with Crippen molar-refractivity contribution in [3.63, 3.8) is 0 Å². The summed E-state index contributed by atoms with van der Waals surface area (Å²) in [6.07, 6.45) is 6.59. The maximum absolute atomic E-state index is 11.2. The zero-order chi connectivity index (χ0) is 10.6. The summed E-state index contributed by atoms with van der Waals surface area (Å²) in [6.45, 7) is 6.23. The third kappa shape index (κ3) is 2.60. The third-order valence-corrected chi connectivity index (χ3v) is 2.81. The molecule has 0 N–H and O–H groups in total. The molecule has 0 aliphatic carbocycles. The number of allylic oxidation sites excluding steroid dienone is 1. The highest BCUT2D eigenvalue weighted by molar-refractivity contribution is 5.77. The first-order chi connectivity index (χ1) is 6.69. The van der Waals surface area contributed by atoms with Gasteiger partial charge in [-0.2, -0.15) is 0 Å². The molecular formula is C12H20O2. The van der Waals surface area contributed by atoms with E-state index in [4.69, 9.17) is 4.74 Å². The van der Waals surface area contributed by atoms with Crippen LogP contribution in [0.15, 0.2) is 11.8 Å². The molecule has 1 rings (SSSR count). The Morgan fingerprint density at radius 3 is 2.64 bits per heavy atom. The van der Waals surface area contributed by atoms with Crippen LogP contribution >= 0.6 is 0 Å². The van der Waals surface area contributed by atoms with Gasteiger partial charge in [-0.25, -0.2) is 0 Å². The second-order valence-corrected chi connectivity index (χ2v) is 4.03. The van der Waals surface area contributed by atoms with Crippen molar-refractivity contribution in [1.29, 1.82) is 0 Å². The quantitative estimate of drug-likeness (QED) is 0.631. The molecule has 80 valence electrons. The van der Waals surface area contributed by atoms with E-state index in [1.54, 1.807) is 0 Å². The van der Waals surface area contributed by atoms with Crippen LogP contribution in [0.5, 0.6) is 0 Å². The predicted molar refractivity (Wildman–Crippen MR) is 56.6 cm³/mol. The summed E-state index contributed by atoms with van der Waals surface area (Å²) in [5.74, 6) is 1.23. The highest BCUT2D eigenvalue weighted by Crippen LogP contribution is 2.29. The zero-order valence-electron chi connectivity index (χ0n) is 9.38. The summed E-state index contributed by atoms with van der Waals surface area (Å²) in [7, 11) is 0. The molecule has 0 spiro atoms. The van der Waals surface area contributed by atoms with Gasteiger partial charge in [0.2, 0.25) is 0 Å². The lowest BCUT2D eigenvalue weighted by atomic mass is 9.96. The highest BCUT2D eigenvalue weighted by atomic mass is 16.5. The molecule has 2 atom stereocenters. The Kier molecular flexibility index (Phi) is 4.18. The normalized spacial score (nSPS) is 23.2. The van der Waals surface area contributed by atoms with Crippen molar-refractivity contribution in [2.45, 2.75) is 46.5 Å². The maximum Gasteiger partial charge on any atom is 0.317 e. The Bertz CT molecular complexity index is 230. The molecule has 0 saturated heterocycles. The number of hydrogen-bond donors (Lipinski definition) is 0.